The average molecular weight is 287 g/mol. The van der Waals surface area contributed by atoms with Crippen molar-refractivity contribution in [1.29, 1.82) is 0 Å². The van der Waals surface area contributed by atoms with Crippen LogP contribution in [0.15, 0.2) is 34.7 Å². The van der Waals surface area contributed by atoms with E-state index in [1.54, 1.807) is 6.92 Å². The molecule has 5 nitrogen and oxygen atoms in total. The van der Waals surface area contributed by atoms with Crippen molar-refractivity contribution >= 4 is 5.91 Å². The molecule has 0 aliphatic heterocycles. The summed E-state index contributed by atoms with van der Waals surface area (Å²) in [4.78, 5) is 14.3. The van der Waals surface area contributed by atoms with E-state index in [1.165, 1.54) is 0 Å². The van der Waals surface area contributed by atoms with Crippen LogP contribution in [0.25, 0.3) is 0 Å². The first-order chi connectivity index (χ1) is 10.1. The number of hydrogen-bond acceptors (Lipinski definition) is 4. The summed E-state index contributed by atoms with van der Waals surface area (Å²) in [5.74, 6) is 1.15. The molecule has 0 unspecified atom stereocenters. The molecule has 0 saturated heterocycles. The summed E-state index contributed by atoms with van der Waals surface area (Å²) in [5, 5.41) is 7.69. The van der Waals surface area contributed by atoms with Gasteiger partial charge in [-0.25, -0.2) is 0 Å². The van der Waals surface area contributed by atoms with Crippen LogP contribution in [0.3, 0.4) is 0 Å². The van der Waals surface area contributed by atoms with E-state index < -0.39 is 0 Å². The molecule has 0 radical (unpaired) electrons. The second-order valence-electron chi connectivity index (χ2n) is 5.32. The molecule has 21 heavy (non-hydrogen) atoms. The fourth-order valence-electron chi connectivity index (χ4n) is 2.13. The monoisotopic (exact) mass is 287 g/mol. The SMILES string of the molecule is Cc1nnc(CCC(=O)N(Cc2ccccc2)C(C)C)o1. The highest BCUT2D eigenvalue weighted by molar-refractivity contribution is 5.76. The molecule has 0 saturated carbocycles. The number of benzene rings is 1. The standard InChI is InChI=1S/C16H21N3O2/c1-12(2)19(11-14-7-5-4-6-8-14)16(20)10-9-15-18-17-13(3)21-15/h4-8,12H,9-11H2,1-3H3. The lowest BCUT2D eigenvalue weighted by molar-refractivity contribution is -0.133. The van der Waals surface area contributed by atoms with Gasteiger partial charge in [0, 0.05) is 32.4 Å². The Hall–Kier alpha value is -2.17. The molecule has 0 spiro atoms. The molecule has 1 amide bonds. The summed E-state index contributed by atoms with van der Waals surface area (Å²) in [5.41, 5.74) is 1.13. The number of hydrogen-bond donors (Lipinski definition) is 0. The number of aryl methyl sites for hydroxylation is 2. The van der Waals surface area contributed by atoms with Gasteiger partial charge < -0.3 is 9.32 Å². The van der Waals surface area contributed by atoms with Crippen LogP contribution in [-0.2, 0) is 17.8 Å². The Balaban J connectivity index is 1.95. The first-order valence-corrected chi connectivity index (χ1v) is 7.18. The number of amides is 1. The second-order valence-corrected chi connectivity index (χ2v) is 5.32. The Labute approximate surface area is 125 Å². The molecule has 0 aliphatic rings. The van der Waals surface area contributed by atoms with Crippen LogP contribution in [-0.4, -0.2) is 27.0 Å². The zero-order chi connectivity index (χ0) is 15.2. The fourth-order valence-corrected chi connectivity index (χ4v) is 2.13. The van der Waals surface area contributed by atoms with Crippen LogP contribution in [0.2, 0.25) is 0 Å². The van der Waals surface area contributed by atoms with Crippen LogP contribution in [0.1, 0.15) is 37.6 Å². The maximum Gasteiger partial charge on any atom is 0.223 e. The summed E-state index contributed by atoms with van der Waals surface area (Å²) < 4.78 is 5.30. The van der Waals surface area contributed by atoms with Gasteiger partial charge in [-0.15, -0.1) is 10.2 Å². The van der Waals surface area contributed by atoms with Crippen molar-refractivity contribution in [2.24, 2.45) is 0 Å². The van der Waals surface area contributed by atoms with Gasteiger partial charge in [0.25, 0.3) is 0 Å². The molecule has 0 aliphatic carbocycles. The van der Waals surface area contributed by atoms with Gasteiger partial charge in [0.05, 0.1) is 0 Å². The summed E-state index contributed by atoms with van der Waals surface area (Å²) >= 11 is 0. The highest BCUT2D eigenvalue weighted by Crippen LogP contribution is 2.11. The Morgan fingerprint density at radius 3 is 2.52 bits per heavy atom. The Bertz CT molecular complexity index is 578. The number of nitrogens with zero attached hydrogens (tertiary/aromatic N) is 3. The predicted octanol–water partition coefficient (Wildman–Crippen LogP) is 2.75. The maximum atomic E-state index is 12.4. The summed E-state index contributed by atoms with van der Waals surface area (Å²) in [6, 6.07) is 10.2. The third-order valence-corrected chi connectivity index (χ3v) is 3.26. The number of carbonyl (C=O) groups excluding carboxylic acids is 1. The summed E-state index contributed by atoms with van der Waals surface area (Å²) in [7, 11) is 0. The van der Waals surface area contributed by atoms with Crippen LogP contribution in [0.4, 0.5) is 0 Å². The number of aromatic nitrogens is 2. The van der Waals surface area contributed by atoms with Crippen LogP contribution >= 0.6 is 0 Å². The van der Waals surface area contributed by atoms with Gasteiger partial charge in [-0.3, -0.25) is 4.79 Å². The first-order valence-electron chi connectivity index (χ1n) is 7.18. The van der Waals surface area contributed by atoms with E-state index in [0.717, 1.165) is 5.56 Å². The topological polar surface area (TPSA) is 59.2 Å². The van der Waals surface area contributed by atoms with Crippen molar-refractivity contribution in [3.05, 3.63) is 47.7 Å². The van der Waals surface area contributed by atoms with Crippen LogP contribution in [0, 0.1) is 6.92 Å². The molecule has 0 bridgehead atoms. The first kappa shape index (κ1) is 15.2. The third-order valence-electron chi connectivity index (χ3n) is 3.26. The zero-order valence-electron chi connectivity index (χ0n) is 12.7. The molecular weight excluding hydrogens is 266 g/mol. The van der Waals surface area contributed by atoms with Gasteiger partial charge in [-0.05, 0) is 19.4 Å². The lowest BCUT2D eigenvalue weighted by Gasteiger charge is -2.27. The molecule has 5 heteroatoms. The minimum absolute atomic E-state index is 0.102. The second kappa shape index (κ2) is 7.02. The molecular formula is C16H21N3O2. The molecule has 1 aromatic carbocycles. The number of rotatable bonds is 6. The van der Waals surface area contributed by atoms with E-state index >= 15 is 0 Å². The van der Waals surface area contributed by atoms with E-state index in [4.69, 9.17) is 4.42 Å². The molecule has 2 rings (SSSR count). The lowest BCUT2D eigenvalue weighted by Crippen LogP contribution is -2.36. The van der Waals surface area contributed by atoms with E-state index in [0.29, 0.717) is 31.2 Å². The number of carbonyl (C=O) groups is 1. The molecule has 0 atom stereocenters. The average Bonchev–Trinajstić information content (AvgIpc) is 2.89. The van der Waals surface area contributed by atoms with Crippen molar-refractivity contribution < 1.29 is 9.21 Å². The van der Waals surface area contributed by atoms with E-state index in [9.17, 15) is 4.79 Å². The quantitative estimate of drug-likeness (QED) is 0.819. The van der Waals surface area contributed by atoms with Crippen molar-refractivity contribution in [2.45, 2.75) is 46.2 Å². The summed E-state index contributed by atoms with van der Waals surface area (Å²) in [6.07, 6.45) is 0.865. The highest BCUT2D eigenvalue weighted by atomic mass is 16.4. The maximum absolute atomic E-state index is 12.4. The molecule has 0 fully saturated rings. The third kappa shape index (κ3) is 4.41. The normalized spacial score (nSPS) is 10.9. The molecule has 0 N–H and O–H groups in total. The van der Waals surface area contributed by atoms with Crippen molar-refractivity contribution in [3.8, 4) is 0 Å². The Morgan fingerprint density at radius 1 is 1.24 bits per heavy atom. The van der Waals surface area contributed by atoms with Crippen molar-refractivity contribution in [2.75, 3.05) is 0 Å². The van der Waals surface area contributed by atoms with E-state index in [1.807, 2.05) is 49.1 Å². The fraction of sp³-hybridized carbons (Fsp3) is 0.438. The van der Waals surface area contributed by atoms with Crippen molar-refractivity contribution in [3.63, 3.8) is 0 Å². The minimum Gasteiger partial charge on any atom is -0.426 e. The summed E-state index contributed by atoms with van der Waals surface area (Å²) in [6.45, 7) is 6.42. The zero-order valence-corrected chi connectivity index (χ0v) is 12.7. The largest absolute Gasteiger partial charge is 0.426 e. The van der Waals surface area contributed by atoms with Crippen LogP contribution in [0.5, 0.6) is 0 Å². The lowest BCUT2D eigenvalue weighted by atomic mass is 10.1. The predicted molar refractivity (Wildman–Crippen MR) is 79.5 cm³/mol. The van der Waals surface area contributed by atoms with E-state index in [2.05, 4.69) is 10.2 Å². The van der Waals surface area contributed by atoms with Crippen LogP contribution < -0.4 is 0 Å². The van der Waals surface area contributed by atoms with Crippen molar-refractivity contribution in [1.82, 2.24) is 15.1 Å². The van der Waals surface area contributed by atoms with Gasteiger partial charge >= 0.3 is 0 Å². The smallest absolute Gasteiger partial charge is 0.223 e. The van der Waals surface area contributed by atoms with Gasteiger partial charge in [-0.2, -0.15) is 0 Å². The van der Waals surface area contributed by atoms with Gasteiger partial charge in [-0.1, -0.05) is 30.3 Å². The Kier molecular flexibility index (Phi) is 5.09. The van der Waals surface area contributed by atoms with Gasteiger partial charge in [0.15, 0.2) is 0 Å². The Morgan fingerprint density at radius 2 is 1.95 bits per heavy atom. The van der Waals surface area contributed by atoms with E-state index in [-0.39, 0.29) is 11.9 Å². The molecule has 1 heterocycles. The minimum atomic E-state index is 0.102. The molecule has 112 valence electrons. The van der Waals surface area contributed by atoms with Gasteiger partial charge in [0.1, 0.15) is 0 Å². The molecule has 1 aromatic heterocycles. The molecule has 2 aromatic rings. The highest BCUT2D eigenvalue weighted by Gasteiger charge is 2.18. The van der Waals surface area contributed by atoms with Gasteiger partial charge in [0.2, 0.25) is 17.7 Å².